The zero-order valence-corrected chi connectivity index (χ0v) is 12.2. The van der Waals surface area contributed by atoms with E-state index in [0.717, 1.165) is 24.9 Å². The number of rotatable bonds is 6. The number of halogens is 2. The summed E-state index contributed by atoms with van der Waals surface area (Å²) in [6.45, 7) is 2.84. The molecule has 2 nitrogen and oxygen atoms in total. The zero-order chi connectivity index (χ0) is 12.7. The van der Waals surface area contributed by atoms with Gasteiger partial charge in [0, 0.05) is 16.4 Å². The highest BCUT2D eigenvalue weighted by atomic mass is 79.9. The van der Waals surface area contributed by atoms with Crippen LogP contribution in [-0.4, -0.2) is 17.3 Å². The maximum Gasteiger partial charge on any atom is 0.224 e. The zero-order valence-electron chi connectivity index (χ0n) is 9.88. The molecule has 0 radical (unpaired) electrons. The van der Waals surface area contributed by atoms with Gasteiger partial charge in [0.15, 0.2) is 0 Å². The first-order valence-corrected chi connectivity index (χ1v) is 7.06. The Morgan fingerprint density at radius 2 is 2.06 bits per heavy atom. The predicted molar refractivity (Wildman–Crippen MR) is 75.8 cm³/mol. The van der Waals surface area contributed by atoms with Crippen LogP contribution in [0.2, 0.25) is 5.02 Å². The van der Waals surface area contributed by atoms with Crippen LogP contribution in [0.5, 0.6) is 0 Å². The molecule has 0 aliphatic rings. The van der Waals surface area contributed by atoms with Crippen molar-refractivity contribution >= 4 is 33.4 Å². The van der Waals surface area contributed by atoms with E-state index in [2.05, 4.69) is 28.2 Å². The molecular weight excluding hydrogens is 302 g/mol. The Morgan fingerprint density at radius 1 is 1.41 bits per heavy atom. The van der Waals surface area contributed by atoms with Gasteiger partial charge >= 0.3 is 0 Å². The molecule has 94 valence electrons. The number of carbonyl (C=O) groups is 1. The molecule has 0 heterocycles. The van der Waals surface area contributed by atoms with Gasteiger partial charge in [-0.25, -0.2) is 0 Å². The van der Waals surface area contributed by atoms with E-state index >= 15 is 0 Å². The highest BCUT2D eigenvalue weighted by molar-refractivity contribution is 9.09. The number of hydrogen-bond donors (Lipinski definition) is 1. The molecule has 4 heteroatoms. The lowest BCUT2D eigenvalue weighted by atomic mass is 10.1. The van der Waals surface area contributed by atoms with E-state index in [-0.39, 0.29) is 5.91 Å². The molecule has 0 saturated heterocycles. The summed E-state index contributed by atoms with van der Waals surface area (Å²) in [5, 5.41) is 3.60. The van der Waals surface area contributed by atoms with Crippen LogP contribution >= 0.6 is 27.5 Å². The molecule has 1 N–H and O–H groups in total. The maximum absolute atomic E-state index is 11.6. The Morgan fingerprint density at radius 3 is 2.65 bits per heavy atom. The second-order valence-electron chi connectivity index (χ2n) is 3.95. The van der Waals surface area contributed by atoms with E-state index in [4.69, 9.17) is 11.6 Å². The van der Waals surface area contributed by atoms with Gasteiger partial charge in [-0.1, -0.05) is 46.6 Å². The van der Waals surface area contributed by atoms with Gasteiger partial charge < -0.3 is 5.32 Å². The third-order valence-corrected chi connectivity index (χ3v) is 3.86. The van der Waals surface area contributed by atoms with Crippen LogP contribution in [0.4, 0.5) is 0 Å². The highest BCUT2D eigenvalue weighted by Crippen LogP contribution is 2.10. The highest BCUT2D eigenvalue weighted by Gasteiger charge is 2.04. The Kier molecular flexibility index (Phi) is 6.60. The molecule has 1 amide bonds. The number of amides is 1. The van der Waals surface area contributed by atoms with Crippen molar-refractivity contribution in [2.24, 2.45) is 0 Å². The van der Waals surface area contributed by atoms with Gasteiger partial charge in [-0.05, 0) is 30.5 Å². The van der Waals surface area contributed by atoms with E-state index in [9.17, 15) is 4.79 Å². The average molecular weight is 319 g/mol. The van der Waals surface area contributed by atoms with Crippen molar-refractivity contribution in [2.45, 2.75) is 31.0 Å². The summed E-state index contributed by atoms with van der Waals surface area (Å²) in [5.41, 5.74) is 0.984. The summed E-state index contributed by atoms with van der Waals surface area (Å²) in [4.78, 5) is 12.1. The molecule has 0 saturated carbocycles. The van der Waals surface area contributed by atoms with Crippen LogP contribution in [0, 0.1) is 0 Å². The van der Waals surface area contributed by atoms with Gasteiger partial charge in [0.1, 0.15) is 0 Å². The Labute approximate surface area is 116 Å². The minimum absolute atomic E-state index is 0.0584. The Balaban J connectivity index is 2.27. The molecule has 0 fully saturated rings. The normalized spacial score (nSPS) is 12.2. The summed E-state index contributed by atoms with van der Waals surface area (Å²) in [6.07, 6.45) is 2.45. The van der Waals surface area contributed by atoms with E-state index < -0.39 is 0 Å². The molecule has 0 aliphatic heterocycles. The average Bonchev–Trinajstić information content (AvgIpc) is 2.32. The van der Waals surface area contributed by atoms with Crippen molar-refractivity contribution in [1.82, 2.24) is 5.32 Å². The summed E-state index contributed by atoms with van der Waals surface area (Å²) in [7, 11) is 0. The SMILES string of the molecule is CCC(Br)CCNC(=O)Cc1ccc(Cl)cc1. The molecule has 0 spiro atoms. The number of alkyl halides is 1. The van der Waals surface area contributed by atoms with Crippen molar-refractivity contribution in [3.8, 4) is 0 Å². The van der Waals surface area contributed by atoms with Crippen molar-refractivity contribution in [3.63, 3.8) is 0 Å². The Hall–Kier alpha value is -0.540. The molecule has 17 heavy (non-hydrogen) atoms. The third kappa shape index (κ3) is 6.08. The first kappa shape index (κ1) is 14.5. The standard InChI is InChI=1S/C13H17BrClNO/c1-2-11(14)7-8-16-13(17)9-10-3-5-12(15)6-4-10/h3-6,11H,2,7-9H2,1H3,(H,16,17). The lowest BCUT2D eigenvalue weighted by Crippen LogP contribution is -2.27. The van der Waals surface area contributed by atoms with E-state index in [1.54, 1.807) is 12.1 Å². The topological polar surface area (TPSA) is 29.1 Å². The smallest absolute Gasteiger partial charge is 0.224 e. The summed E-state index contributed by atoms with van der Waals surface area (Å²) < 4.78 is 0. The van der Waals surface area contributed by atoms with E-state index in [0.29, 0.717) is 16.3 Å². The largest absolute Gasteiger partial charge is 0.356 e. The molecule has 1 aromatic rings. The quantitative estimate of drug-likeness (QED) is 0.798. The number of benzene rings is 1. The molecule has 1 rings (SSSR count). The number of carbonyl (C=O) groups excluding carboxylic acids is 1. The fourth-order valence-electron chi connectivity index (χ4n) is 1.42. The summed E-state index contributed by atoms with van der Waals surface area (Å²) in [6, 6.07) is 7.36. The molecule has 1 unspecified atom stereocenters. The van der Waals surface area contributed by atoms with Gasteiger partial charge in [-0.3, -0.25) is 4.79 Å². The minimum Gasteiger partial charge on any atom is -0.356 e. The fourth-order valence-corrected chi connectivity index (χ4v) is 1.78. The molecule has 1 atom stereocenters. The monoisotopic (exact) mass is 317 g/mol. The fraction of sp³-hybridized carbons (Fsp3) is 0.462. The van der Waals surface area contributed by atoms with Crippen molar-refractivity contribution in [3.05, 3.63) is 34.9 Å². The van der Waals surface area contributed by atoms with Gasteiger partial charge in [-0.15, -0.1) is 0 Å². The molecule has 0 bridgehead atoms. The van der Waals surface area contributed by atoms with E-state index in [1.165, 1.54) is 0 Å². The number of nitrogens with one attached hydrogen (secondary N) is 1. The molecule has 0 aromatic heterocycles. The maximum atomic E-state index is 11.6. The lowest BCUT2D eigenvalue weighted by molar-refractivity contribution is -0.120. The van der Waals surface area contributed by atoms with Gasteiger partial charge in [-0.2, -0.15) is 0 Å². The van der Waals surface area contributed by atoms with Crippen LogP contribution in [0.1, 0.15) is 25.3 Å². The molecule has 0 aliphatic carbocycles. The van der Waals surface area contributed by atoms with Crippen LogP contribution in [0.15, 0.2) is 24.3 Å². The first-order valence-electron chi connectivity index (χ1n) is 5.77. The predicted octanol–water partition coefficient (Wildman–Crippen LogP) is 3.56. The van der Waals surface area contributed by atoms with Gasteiger partial charge in [0.2, 0.25) is 5.91 Å². The van der Waals surface area contributed by atoms with Gasteiger partial charge in [0.05, 0.1) is 6.42 Å². The van der Waals surface area contributed by atoms with Crippen molar-refractivity contribution in [2.75, 3.05) is 6.54 Å². The second-order valence-corrected chi connectivity index (χ2v) is 5.68. The lowest BCUT2D eigenvalue weighted by Gasteiger charge is -2.08. The summed E-state index contributed by atoms with van der Waals surface area (Å²) in [5.74, 6) is 0.0584. The molecular formula is C13H17BrClNO. The van der Waals surface area contributed by atoms with Crippen LogP contribution in [0.25, 0.3) is 0 Å². The Bertz CT molecular complexity index is 353. The molecule has 1 aromatic carbocycles. The van der Waals surface area contributed by atoms with E-state index in [1.807, 2.05) is 12.1 Å². The second kappa shape index (κ2) is 7.72. The minimum atomic E-state index is 0.0584. The van der Waals surface area contributed by atoms with Crippen LogP contribution in [-0.2, 0) is 11.2 Å². The van der Waals surface area contributed by atoms with Gasteiger partial charge in [0.25, 0.3) is 0 Å². The number of hydrogen-bond acceptors (Lipinski definition) is 1. The van der Waals surface area contributed by atoms with Crippen LogP contribution < -0.4 is 5.32 Å². The van der Waals surface area contributed by atoms with Crippen LogP contribution in [0.3, 0.4) is 0 Å². The van der Waals surface area contributed by atoms with Crippen molar-refractivity contribution < 1.29 is 4.79 Å². The van der Waals surface area contributed by atoms with Crippen molar-refractivity contribution in [1.29, 1.82) is 0 Å². The summed E-state index contributed by atoms with van der Waals surface area (Å²) >= 11 is 9.31. The first-order chi connectivity index (χ1) is 8.11. The third-order valence-electron chi connectivity index (χ3n) is 2.50.